The number of amides is 2. The first-order valence-corrected chi connectivity index (χ1v) is 11.0. The number of pyridine rings is 1. The Morgan fingerprint density at radius 2 is 1.89 bits per heavy atom. The number of fused-ring (bicyclic) bond motifs is 3. The highest BCUT2D eigenvalue weighted by molar-refractivity contribution is 6.19. The molecule has 0 radical (unpaired) electrons. The summed E-state index contributed by atoms with van der Waals surface area (Å²) >= 11 is 0. The zero-order chi connectivity index (χ0) is 26.5. The number of nitrogens with one attached hydrogen (secondary N) is 1. The Morgan fingerprint density at radius 3 is 2.47 bits per heavy atom. The van der Waals surface area contributed by atoms with Crippen molar-refractivity contribution in [3.63, 3.8) is 0 Å². The number of rotatable bonds is 5. The van der Waals surface area contributed by atoms with Gasteiger partial charge in [-0.1, -0.05) is 6.07 Å². The van der Waals surface area contributed by atoms with Gasteiger partial charge in [-0.2, -0.15) is 0 Å². The summed E-state index contributed by atoms with van der Waals surface area (Å²) in [5.74, 6) is -0.698. The van der Waals surface area contributed by atoms with E-state index in [1.807, 2.05) is 0 Å². The maximum Gasteiger partial charge on any atom is 0.413 e. The normalized spacial score (nSPS) is 11.9. The third kappa shape index (κ3) is 4.10. The van der Waals surface area contributed by atoms with E-state index in [1.165, 1.54) is 24.0 Å². The summed E-state index contributed by atoms with van der Waals surface area (Å²) in [6.45, 7) is 8.56. The van der Waals surface area contributed by atoms with Crippen LogP contribution in [0.15, 0.2) is 28.9 Å². The standard InChI is InChI=1S/C25H26F2N4O5/c1-11-7-8-14(34-6)12(2)18(11)31-19-15(17(21(26)27)29-13-9-10-35-20(13)19)16(22(28)32)23(31)30-24(33)36-25(3,4)5/h7-10,21H,1-6H3,(H2,28,32)(H,30,33). The second kappa shape index (κ2) is 8.81. The molecule has 3 heterocycles. The number of hydrogen-bond donors (Lipinski definition) is 2. The van der Waals surface area contributed by atoms with E-state index in [2.05, 4.69) is 10.3 Å². The quantitative estimate of drug-likeness (QED) is 0.358. The fourth-order valence-corrected chi connectivity index (χ4v) is 4.31. The zero-order valence-electron chi connectivity index (χ0n) is 20.7. The summed E-state index contributed by atoms with van der Waals surface area (Å²) < 4.78 is 46.6. The van der Waals surface area contributed by atoms with E-state index in [0.29, 0.717) is 22.6 Å². The van der Waals surface area contributed by atoms with Gasteiger partial charge in [0, 0.05) is 17.0 Å². The van der Waals surface area contributed by atoms with Crippen LogP contribution in [0.1, 0.15) is 54.4 Å². The maximum absolute atomic E-state index is 14.3. The number of carbonyl (C=O) groups is 2. The number of methoxy groups -OCH3 is 1. The minimum Gasteiger partial charge on any atom is -0.496 e. The van der Waals surface area contributed by atoms with Crippen molar-refractivity contribution in [1.29, 1.82) is 0 Å². The van der Waals surface area contributed by atoms with E-state index in [4.69, 9.17) is 19.6 Å². The maximum atomic E-state index is 14.3. The molecule has 0 aliphatic heterocycles. The van der Waals surface area contributed by atoms with Gasteiger partial charge in [-0.25, -0.2) is 18.6 Å². The topological polar surface area (TPSA) is 122 Å². The second-order valence-corrected chi connectivity index (χ2v) is 9.26. The number of nitrogens with two attached hydrogens (primary N) is 1. The predicted octanol–water partition coefficient (Wildman–Crippen LogP) is 5.78. The number of aromatic nitrogens is 2. The minimum absolute atomic E-state index is 0.0969. The van der Waals surface area contributed by atoms with Crippen molar-refractivity contribution in [1.82, 2.24) is 9.55 Å². The number of halogens is 2. The first-order valence-electron chi connectivity index (χ1n) is 11.0. The van der Waals surface area contributed by atoms with E-state index in [9.17, 15) is 18.4 Å². The fraction of sp³-hybridized carbons (Fsp3) is 0.320. The summed E-state index contributed by atoms with van der Waals surface area (Å²) in [5.41, 5.74) is 6.00. The third-order valence-corrected chi connectivity index (χ3v) is 5.63. The molecule has 0 aliphatic carbocycles. The Hall–Kier alpha value is -4.15. The molecule has 190 valence electrons. The number of primary amides is 1. The van der Waals surface area contributed by atoms with Gasteiger partial charge in [0.15, 0.2) is 5.58 Å². The molecule has 0 saturated heterocycles. The predicted molar refractivity (Wildman–Crippen MR) is 130 cm³/mol. The second-order valence-electron chi connectivity index (χ2n) is 9.26. The Labute approximate surface area is 205 Å². The van der Waals surface area contributed by atoms with Crippen LogP contribution < -0.4 is 15.8 Å². The molecular formula is C25H26F2N4O5. The molecule has 0 aliphatic rings. The zero-order valence-corrected chi connectivity index (χ0v) is 20.7. The number of anilines is 1. The van der Waals surface area contributed by atoms with Crippen molar-refractivity contribution in [2.75, 3.05) is 12.4 Å². The Bertz CT molecular complexity index is 1510. The molecule has 0 fully saturated rings. The highest BCUT2D eigenvalue weighted by Gasteiger charge is 2.33. The Kier molecular flexibility index (Phi) is 6.11. The molecule has 1 aromatic carbocycles. The Balaban J connectivity index is 2.24. The lowest BCUT2D eigenvalue weighted by atomic mass is 10.1. The average Bonchev–Trinajstić information content (AvgIpc) is 3.34. The summed E-state index contributed by atoms with van der Waals surface area (Å²) in [5, 5.41) is 2.34. The molecule has 0 saturated carbocycles. The molecule has 36 heavy (non-hydrogen) atoms. The molecule has 0 unspecified atom stereocenters. The van der Waals surface area contributed by atoms with Gasteiger partial charge < -0.3 is 19.6 Å². The van der Waals surface area contributed by atoms with Crippen molar-refractivity contribution in [2.24, 2.45) is 5.73 Å². The lowest BCUT2D eigenvalue weighted by Gasteiger charge is -2.22. The van der Waals surface area contributed by atoms with Gasteiger partial charge in [0.05, 0.1) is 24.6 Å². The molecular weight excluding hydrogens is 474 g/mol. The molecule has 0 atom stereocenters. The van der Waals surface area contributed by atoms with Crippen molar-refractivity contribution in [2.45, 2.75) is 46.6 Å². The first-order chi connectivity index (χ1) is 16.9. The third-order valence-electron chi connectivity index (χ3n) is 5.63. The van der Waals surface area contributed by atoms with Crippen LogP contribution in [0.25, 0.3) is 27.7 Å². The number of ether oxygens (including phenoxy) is 2. The van der Waals surface area contributed by atoms with Crippen LogP contribution in [0.5, 0.6) is 5.75 Å². The molecule has 4 rings (SSSR count). The largest absolute Gasteiger partial charge is 0.496 e. The highest BCUT2D eigenvalue weighted by atomic mass is 19.3. The van der Waals surface area contributed by atoms with Crippen LogP contribution in [-0.4, -0.2) is 34.3 Å². The molecule has 0 bridgehead atoms. The van der Waals surface area contributed by atoms with Gasteiger partial charge in [-0.05, 0) is 46.2 Å². The van der Waals surface area contributed by atoms with Gasteiger partial charge in [-0.3, -0.25) is 14.7 Å². The van der Waals surface area contributed by atoms with Gasteiger partial charge in [0.25, 0.3) is 12.3 Å². The SMILES string of the molecule is COc1ccc(C)c(-n2c(NC(=O)OC(C)(C)C)c(C(N)=O)c3c(C(F)F)nc4ccoc4c32)c1C. The van der Waals surface area contributed by atoms with Crippen LogP contribution in [0, 0.1) is 13.8 Å². The fourth-order valence-electron chi connectivity index (χ4n) is 4.31. The van der Waals surface area contributed by atoms with Crippen molar-refractivity contribution in [3.8, 4) is 11.4 Å². The number of hydrogen-bond acceptors (Lipinski definition) is 6. The van der Waals surface area contributed by atoms with E-state index < -0.39 is 29.7 Å². The smallest absolute Gasteiger partial charge is 0.413 e. The van der Waals surface area contributed by atoms with E-state index >= 15 is 0 Å². The number of alkyl halides is 2. The number of carbonyl (C=O) groups excluding carboxylic acids is 2. The van der Waals surface area contributed by atoms with Crippen LogP contribution in [0.2, 0.25) is 0 Å². The van der Waals surface area contributed by atoms with Crippen molar-refractivity contribution < 1.29 is 32.3 Å². The molecule has 2 amide bonds. The van der Waals surface area contributed by atoms with Crippen LogP contribution in [-0.2, 0) is 4.74 Å². The van der Waals surface area contributed by atoms with Crippen molar-refractivity contribution >= 4 is 39.8 Å². The highest BCUT2D eigenvalue weighted by Crippen LogP contribution is 2.43. The summed E-state index contributed by atoms with van der Waals surface area (Å²) in [6.07, 6.45) is -2.66. The van der Waals surface area contributed by atoms with Crippen LogP contribution >= 0.6 is 0 Å². The first kappa shape index (κ1) is 25.0. The number of benzene rings is 1. The molecule has 3 aromatic heterocycles. The van der Waals surface area contributed by atoms with Gasteiger partial charge in [0.2, 0.25) is 0 Å². The molecule has 9 nitrogen and oxygen atoms in total. The lowest BCUT2D eigenvalue weighted by Crippen LogP contribution is -2.29. The average molecular weight is 501 g/mol. The van der Waals surface area contributed by atoms with Crippen molar-refractivity contribution in [3.05, 3.63) is 46.8 Å². The molecule has 4 aromatic rings. The number of aryl methyl sites for hydroxylation is 1. The molecule has 0 spiro atoms. The van der Waals surface area contributed by atoms with Crippen LogP contribution in [0.4, 0.5) is 19.4 Å². The van der Waals surface area contributed by atoms with Crippen LogP contribution in [0.3, 0.4) is 0 Å². The van der Waals surface area contributed by atoms with E-state index in [-0.39, 0.29) is 33.4 Å². The minimum atomic E-state index is -3.05. The monoisotopic (exact) mass is 500 g/mol. The van der Waals surface area contributed by atoms with Gasteiger partial charge >= 0.3 is 6.09 Å². The molecule has 11 heteroatoms. The number of nitrogens with zero attached hydrogens (tertiary/aromatic N) is 2. The van der Waals surface area contributed by atoms with Gasteiger partial charge in [-0.15, -0.1) is 0 Å². The summed E-state index contributed by atoms with van der Waals surface area (Å²) in [4.78, 5) is 29.7. The summed E-state index contributed by atoms with van der Waals surface area (Å²) in [6, 6.07) is 4.96. The molecule has 3 N–H and O–H groups in total. The Morgan fingerprint density at radius 1 is 1.19 bits per heavy atom. The lowest BCUT2D eigenvalue weighted by molar-refractivity contribution is 0.0635. The number of furan rings is 1. The summed E-state index contributed by atoms with van der Waals surface area (Å²) in [7, 11) is 1.49. The van der Waals surface area contributed by atoms with E-state index in [0.717, 1.165) is 0 Å². The van der Waals surface area contributed by atoms with E-state index in [1.54, 1.807) is 46.8 Å². The van der Waals surface area contributed by atoms with Gasteiger partial charge in [0.1, 0.15) is 33.9 Å².